The second-order valence-corrected chi connectivity index (χ2v) is 2.93. The van der Waals surface area contributed by atoms with Gasteiger partial charge in [0.1, 0.15) is 0 Å². The predicted octanol–water partition coefficient (Wildman–Crippen LogP) is 1.62. The highest BCUT2D eigenvalue weighted by Crippen LogP contribution is 2.17. The van der Waals surface area contributed by atoms with E-state index in [1.807, 2.05) is 0 Å². The average Bonchev–Trinajstić information content (AvgIpc) is 2.03. The van der Waals surface area contributed by atoms with Crippen molar-refractivity contribution in [3.63, 3.8) is 0 Å². The summed E-state index contributed by atoms with van der Waals surface area (Å²) in [5, 5.41) is 10.1. The van der Waals surface area contributed by atoms with E-state index in [9.17, 15) is 5.11 Å². The van der Waals surface area contributed by atoms with Crippen LogP contribution < -0.4 is 0 Å². The summed E-state index contributed by atoms with van der Waals surface area (Å²) in [6.07, 6.45) is 4.35. The summed E-state index contributed by atoms with van der Waals surface area (Å²) < 4.78 is 5.28. The Hall–Kier alpha value is -0.0800. The van der Waals surface area contributed by atoms with E-state index in [0.29, 0.717) is 5.92 Å². The molecule has 1 saturated heterocycles. The van der Waals surface area contributed by atoms with Crippen LogP contribution in [0.25, 0.3) is 0 Å². The zero-order chi connectivity index (χ0) is 7.23. The molecule has 1 heterocycles. The second-order valence-electron chi connectivity index (χ2n) is 2.93. The summed E-state index contributed by atoms with van der Waals surface area (Å²) >= 11 is 0. The molecular weight excluding hydrogens is 128 g/mol. The van der Waals surface area contributed by atoms with E-state index in [1.54, 1.807) is 0 Å². The summed E-state index contributed by atoms with van der Waals surface area (Å²) in [4.78, 5) is 0. The Labute approximate surface area is 62.2 Å². The number of hydrogen-bond donors (Lipinski definition) is 0. The lowest BCUT2D eigenvalue weighted by molar-refractivity contribution is 0.0472. The van der Waals surface area contributed by atoms with Crippen LogP contribution in [0.3, 0.4) is 0 Å². The fourth-order valence-electron chi connectivity index (χ4n) is 1.41. The zero-order valence-corrected chi connectivity index (χ0v) is 6.34. The molecule has 0 aromatic heterocycles. The van der Waals surface area contributed by atoms with Gasteiger partial charge in [0.2, 0.25) is 0 Å². The van der Waals surface area contributed by atoms with Crippen molar-refractivity contribution in [3.05, 3.63) is 0 Å². The lowest BCUT2D eigenvalue weighted by atomic mass is 9.97. The Bertz CT molecular complexity index is 77.3. The first-order valence-corrected chi connectivity index (χ1v) is 4.09. The summed E-state index contributed by atoms with van der Waals surface area (Å²) in [6, 6.07) is 0. The van der Waals surface area contributed by atoms with Gasteiger partial charge < -0.3 is 4.74 Å². The van der Waals surface area contributed by atoms with Gasteiger partial charge in [-0.2, -0.15) is 0 Å². The van der Waals surface area contributed by atoms with Gasteiger partial charge in [-0.15, -0.1) is 0 Å². The highest BCUT2D eigenvalue weighted by molar-refractivity contribution is 4.62. The van der Waals surface area contributed by atoms with Crippen LogP contribution in [-0.2, 0) is 9.84 Å². The minimum atomic E-state index is 0.0799. The van der Waals surface area contributed by atoms with Gasteiger partial charge in [-0.25, -0.2) is 5.11 Å². The predicted molar refractivity (Wildman–Crippen MR) is 38.3 cm³/mol. The fraction of sp³-hybridized carbons (Fsp3) is 1.00. The van der Waals surface area contributed by atoms with Gasteiger partial charge in [-0.3, -0.25) is 0 Å². The van der Waals surface area contributed by atoms with E-state index in [4.69, 9.17) is 4.74 Å². The van der Waals surface area contributed by atoms with Crippen molar-refractivity contribution >= 4 is 0 Å². The molecule has 0 aliphatic carbocycles. The molecule has 2 heteroatoms. The first kappa shape index (κ1) is 8.02. The SMILES string of the molecule is [O]CCCC1CCCOC1. The highest BCUT2D eigenvalue weighted by atomic mass is 16.5. The third-order valence-corrected chi connectivity index (χ3v) is 2.01. The molecule has 1 fully saturated rings. The van der Waals surface area contributed by atoms with Gasteiger partial charge in [0, 0.05) is 13.2 Å². The molecule has 10 heavy (non-hydrogen) atoms. The van der Waals surface area contributed by atoms with Crippen LogP contribution >= 0.6 is 0 Å². The monoisotopic (exact) mass is 143 g/mol. The van der Waals surface area contributed by atoms with E-state index in [-0.39, 0.29) is 6.61 Å². The molecular formula is C8H15O2. The Morgan fingerprint density at radius 2 is 2.40 bits per heavy atom. The normalized spacial score (nSPS) is 26.7. The summed E-state index contributed by atoms with van der Waals surface area (Å²) in [5.41, 5.74) is 0. The maximum Gasteiger partial charge on any atom is 0.0822 e. The minimum Gasteiger partial charge on any atom is -0.381 e. The Kier molecular flexibility index (Phi) is 3.76. The van der Waals surface area contributed by atoms with E-state index in [1.165, 1.54) is 12.8 Å². The van der Waals surface area contributed by atoms with Crippen molar-refractivity contribution in [1.82, 2.24) is 0 Å². The standard InChI is InChI=1S/C8H15O2/c9-5-1-3-8-4-2-6-10-7-8/h8H,1-7H2. The molecule has 1 aliphatic heterocycles. The Balaban J connectivity index is 2.02. The Morgan fingerprint density at radius 1 is 1.50 bits per heavy atom. The summed E-state index contributed by atoms with van der Waals surface area (Å²) in [6.45, 7) is 1.89. The van der Waals surface area contributed by atoms with Crippen molar-refractivity contribution < 1.29 is 9.84 Å². The number of rotatable bonds is 3. The molecule has 1 aliphatic rings. The molecule has 2 nitrogen and oxygen atoms in total. The van der Waals surface area contributed by atoms with Gasteiger partial charge in [0.15, 0.2) is 0 Å². The van der Waals surface area contributed by atoms with Crippen LogP contribution in [0.15, 0.2) is 0 Å². The smallest absolute Gasteiger partial charge is 0.0822 e. The Morgan fingerprint density at radius 3 is 3.00 bits per heavy atom. The molecule has 59 valence electrons. The van der Waals surface area contributed by atoms with Gasteiger partial charge >= 0.3 is 0 Å². The molecule has 0 spiro atoms. The van der Waals surface area contributed by atoms with Crippen molar-refractivity contribution in [2.45, 2.75) is 25.7 Å². The maximum absolute atomic E-state index is 10.1. The highest BCUT2D eigenvalue weighted by Gasteiger charge is 2.12. The van der Waals surface area contributed by atoms with Gasteiger partial charge in [-0.1, -0.05) is 0 Å². The van der Waals surface area contributed by atoms with E-state index in [0.717, 1.165) is 26.1 Å². The van der Waals surface area contributed by atoms with Crippen molar-refractivity contribution in [2.24, 2.45) is 5.92 Å². The number of ether oxygens (including phenoxy) is 1. The fourth-order valence-corrected chi connectivity index (χ4v) is 1.41. The van der Waals surface area contributed by atoms with Crippen LogP contribution in [0, 0.1) is 5.92 Å². The molecule has 0 saturated carbocycles. The number of hydrogen-bond acceptors (Lipinski definition) is 1. The second kappa shape index (κ2) is 4.69. The van der Waals surface area contributed by atoms with Crippen molar-refractivity contribution in [2.75, 3.05) is 19.8 Å². The molecule has 0 aromatic rings. The van der Waals surface area contributed by atoms with E-state index in [2.05, 4.69) is 0 Å². The molecule has 1 radical (unpaired) electrons. The van der Waals surface area contributed by atoms with Crippen LogP contribution in [0.4, 0.5) is 0 Å². The third-order valence-electron chi connectivity index (χ3n) is 2.01. The first-order valence-electron chi connectivity index (χ1n) is 4.09. The molecule has 0 amide bonds. The quantitative estimate of drug-likeness (QED) is 0.590. The minimum absolute atomic E-state index is 0.0799. The molecule has 1 unspecified atom stereocenters. The van der Waals surface area contributed by atoms with E-state index >= 15 is 0 Å². The first-order chi connectivity index (χ1) is 4.93. The molecule has 0 aromatic carbocycles. The molecule has 1 atom stereocenters. The van der Waals surface area contributed by atoms with Crippen LogP contribution in [0.5, 0.6) is 0 Å². The molecule has 1 rings (SSSR count). The van der Waals surface area contributed by atoms with Crippen LogP contribution in [0.2, 0.25) is 0 Å². The third kappa shape index (κ3) is 2.67. The largest absolute Gasteiger partial charge is 0.381 e. The summed E-state index contributed by atoms with van der Waals surface area (Å²) in [7, 11) is 0. The van der Waals surface area contributed by atoms with Gasteiger partial charge in [-0.05, 0) is 31.6 Å². The van der Waals surface area contributed by atoms with Crippen LogP contribution in [0.1, 0.15) is 25.7 Å². The van der Waals surface area contributed by atoms with Crippen LogP contribution in [-0.4, -0.2) is 19.8 Å². The lowest BCUT2D eigenvalue weighted by Crippen LogP contribution is -2.17. The van der Waals surface area contributed by atoms with Gasteiger partial charge in [0.05, 0.1) is 6.61 Å². The van der Waals surface area contributed by atoms with Crippen molar-refractivity contribution in [1.29, 1.82) is 0 Å². The van der Waals surface area contributed by atoms with E-state index < -0.39 is 0 Å². The topological polar surface area (TPSA) is 29.1 Å². The van der Waals surface area contributed by atoms with Crippen molar-refractivity contribution in [3.8, 4) is 0 Å². The lowest BCUT2D eigenvalue weighted by Gasteiger charge is -2.21. The molecule has 0 N–H and O–H groups in total. The average molecular weight is 143 g/mol. The maximum atomic E-state index is 10.1. The van der Waals surface area contributed by atoms with Gasteiger partial charge in [0.25, 0.3) is 0 Å². The summed E-state index contributed by atoms with van der Waals surface area (Å²) in [5.74, 6) is 0.683. The zero-order valence-electron chi connectivity index (χ0n) is 6.34. The molecule has 0 bridgehead atoms.